The smallest absolute Gasteiger partial charge is 0.404 e. The molecule has 3 rings (SSSR count). The molecule has 0 bridgehead atoms. The summed E-state index contributed by atoms with van der Waals surface area (Å²) in [5.41, 5.74) is 2.78. The highest BCUT2D eigenvalue weighted by molar-refractivity contribution is 7.46. The Morgan fingerprint density at radius 1 is 0.865 bits per heavy atom. The zero-order valence-corrected chi connectivity index (χ0v) is 22.0. The molecule has 0 heterocycles. The summed E-state index contributed by atoms with van der Waals surface area (Å²) in [6.07, 6.45) is 0.966. The summed E-state index contributed by atoms with van der Waals surface area (Å²) in [5, 5.41) is 5.89. The van der Waals surface area contributed by atoms with Gasteiger partial charge in [0.2, 0.25) is 5.91 Å². The number of phosphoric ester groups is 1. The van der Waals surface area contributed by atoms with Crippen molar-refractivity contribution in [2.75, 3.05) is 0 Å². The van der Waals surface area contributed by atoms with E-state index in [1.54, 1.807) is 24.3 Å². The lowest BCUT2D eigenvalue weighted by Gasteiger charge is -2.23. The second kappa shape index (κ2) is 12.7. The molecule has 2 atom stereocenters. The summed E-state index contributed by atoms with van der Waals surface area (Å²) < 4.78 is 15.7. The lowest BCUT2D eigenvalue weighted by molar-refractivity contribution is -0.123. The van der Waals surface area contributed by atoms with E-state index in [9.17, 15) is 14.2 Å². The fourth-order valence-corrected chi connectivity index (χ4v) is 4.56. The van der Waals surface area contributed by atoms with E-state index in [2.05, 4.69) is 29.0 Å². The van der Waals surface area contributed by atoms with Crippen molar-refractivity contribution in [1.29, 1.82) is 0 Å². The van der Waals surface area contributed by atoms with Gasteiger partial charge in [0.1, 0.15) is 11.8 Å². The average Bonchev–Trinajstić information content (AvgIpc) is 2.83. The van der Waals surface area contributed by atoms with Gasteiger partial charge in [-0.3, -0.25) is 19.4 Å². The molecule has 0 radical (unpaired) electrons. The van der Waals surface area contributed by atoms with Crippen molar-refractivity contribution >= 4 is 19.6 Å². The first kappa shape index (κ1) is 28.1. The molecule has 0 spiro atoms. The van der Waals surface area contributed by atoms with Gasteiger partial charge in [-0.2, -0.15) is 0 Å². The number of carbonyl (C=O) groups excluding carboxylic acids is 2. The molecule has 196 valence electrons. The highest BCUT2D eigenvalue weighted by atomic mass is 31.2. The van der Waals surface area contributed by atoms with E-state index < -0.39 is 13.9 Å². The monoisotopic (exact) mass is 524 g/mol. The van der Waals surface area contributed by atoms with Crippen LogP contribution in [0.1, 0.15) is 43.1 Å². The minimum Gasteiger partial charge on any atom is -0.404 e. The first-order valence-electron chi connectivity index (χ1n) is 12.1. The molecular formula is C28H33N2O6P. The van der Waals surface area contributed by atoms with Crippen molar-refractivity contribution in [3.05, 3.63) is 90.0 Å². The number of benzene rings is 3. The molecule has 3 aromatic carbocycles. The standard InChI is InChI=1S/C28H33N2O6P/c1-19(2)17-20(3)29-28(32)26(18-21-13-15-23(16-14-21)36-37(33,34)35)30-27(31)25-12-8-7-11-24(25)22-9-5-4-6-10-22/h4-16,19-20,26H,17-18H2,1-3H3,(H,29,32)(H,30,31)(H2,33,34,35). The predicted octanol–water partition coefficient (Wildman–Crippen LogP) is 4.72. The van der Waals surface area contributed by atoms with E-state index in [1.807, 2.05) is 49.4 Å². The first-order valence-corrected chi connectivity index (χ1v) is 13.6. The Bertz CT molecular complexity index is 1240. The lowest BCUT2D eigenvalue weighted by Crippen LogP contribution is -2.50. The Balaban J connectivity index is 1.84. The maximum Gasteiger partial charge on any atom is 0.524 e. The van der Waals surface area contributed by atoms with Crippen LogP contribution in [0.3, 0.4) is 0 Å². The Hall–Kier alpha value is -3.45. The van der Waals surface area contributed by atoms with Crippen LogP contribution in [0.4, 0.5) is 0 Å². The zero-order chi connectivity index (χ0) is 27.0. The van der Waals surface area contributed by atoms with Crippen molar-refractivity contribution in [1.82, 2.24) is 10.6 Å². The van der Waals surface area contributed by atoms with E-state index in [-0.39, 0.29) is 30.0 Å². The van der Waals surface area contributed by atoms with Crippen molar-refractivity contribution in [3.8, 4) is 16.9 Å². The molecular weight excluding hydrogens is 491 g/mol. The molecule has 0 fully saturated rings. The summed E-state index contributed by atoms with van der Waals surface area (Å²) in [4.78, 5) is 44.7. The summed E-state index contributed by atoms with van der Waals surface area (Å²) in [7, 11) is -4.68. The second-order valence-corrected chi connectivity index (χ2v) is 10.6. The summed E-state index contributed by atoms with van der Waals surface area (Å²) in [6.45, 7) is 6.07. The van der Waals surface area contributed by atoms with E-state index in [0.717, 1.165) is 17.5 Å². The van der Waals surface area contributed by atoms with Crippen LogP contribution in [0, 0.1) is 5.92 Å². The maximum absolute atomic E-state index is 13.4. The van der Waals surface area contributed by atoms with Crippen LogP contribution in [-0.2, 0) is 15.8 Å². The fraction of sp³-hybridized carbons (Fsp3) is 0.286. The van der Waals surface area contributed by atoms with Gasteiger partial charge in [-0.15, -0.1) is 0 Å². The zero-order valence-electron chi connectivity index (χ0n) is 21.1. The quantitative estimate of drug-likeness (QED) is 0.269. The van der Waals surface area contributed by atoms with Gasteiger partial charge in [-0.05, 0) is 54.2 Å². The fourth-order valence-electron chi connectivity index (χ4n) is 4.16. The van der Waals surface area contributed by atoms with E-state index in [0.29, 0.717) is 17.0 Å². The number of amides is 2. The van der Waals surface area contributed by atoms with Crippen LogP contribution < -0.4 is 15.2 Å². The molecule has 0 aliphatic carbocycles. The van der Waals surface area contributed by atoms with Crippen molar-refractivity contribution < 1.29 is 28.5 Å². The number of nitrogens with one attached hydrogen (secondary N) is 2. The van der Waals surface area contributed by atoms with E-state index >= 15 is 0 Å². The van der Waals surface area contributed by atoms with Gasteiger partial charge >= 0.3 is 7.82 Å². The summed E-state index contributed by atoms with van der Waals surface area (Å²) >= 11 is 0. The molecule has 37 heavy (non-hydrogen) atoms. The van der Waals surface area contributed by atoms with Crippen LogP contribution in [-0.4, -0.2) is 33.7 Å². The number of phosphoric acid groups is 1. The summed E-state index contributed by atoms with van der Waals surface area (Å²) in [6, 6.07) is 21.9. The highest BCUT2D eigenvalue weighted by Crippen LogP contribution is 2.37. The SMILES string of the molecule is CC(C)CC(C)NC(=O)C(Cc1ccc(OP(=O)(O)O)cc1)NC(=O)c1ccccc1-c1ccccc1. The van der Waals surface area contributed by atoms with Gasteiger partial charge in [0.15, 0.2) is 0 Å². The van der Waals surface area contributed by atoms with Gasteiger partial charge in [-0.25, -0.2) is 4.57 Å². The molecule has 0 aliphatic rings. The minimum absolute atomic E-state index is 0.00413. The first-order chi connectivity index (χ1) is 17.5. The molecule has 0 saturated heterocycles. The molecule has 3 aromatic rings. The Morgan fingerprint density at radius 2 is 1.49 bits per heavy atom. The van der Waals surface area contributed by atoms with Crippen molar-refractivity contribution in [3.63, 3.8) is 0 Å². The van der Waals surface area contributed by atoms with Gasteiger partial charge < -0.3 is 15.2 Å². The number of hydrogen-bond donors (Lipinski definition) is 4. The Labute approximate surface area is 217 Å². The van der Waals surface area contributed by atoms with Crippen LogP contribution in [0.15, 0.2) is 78.9 Å². The Kier molecular flexibility index (Phi) is 9.64. The molecule has 8 nitrogen and oxygen atoms in total. The van der Waals surface area contributed by atoms with Crippen LogP contribution in [0.25, 0.3) is 11.1 Å². The average molecular weight is 525 g/mol. The van der Waals surface area contributed by atoms with Crippen LogP contribution in [0.5, 0.6) is 5.75 Å². The topological polar surface area (TPSA) is 125 Å². The predicted molar refractivity (Wildman–Crippen MR) is 143 cm³/mol. The van der Waals surface area contributed by atoms with Gasteiger partial charge in [-0.1, -0.05) is 74.5 Å². The second-order valence-electron chi connectivity index (χ2n) is 9.41. The number of carbonyl (C=O) groups is 2. The van der Waals surface area contributed by atoms with Gasteiger partial charge in [0.05, 0.1) is 0 Å². The minimum atomic E-state index is -4.68. The largest absolute Gasteiger partial charge is 0.524 e. The van der Waals surface area contributed by atoms with Gasteiger partial charge in [0, 0.05) is 18.0 Å². The normalized spacial score (nSPS) is 13.0. The van der Waals surface area contributed by atoms with Crippen LogP contribution in [0.2, 0.25) is 0 Å². The Morgan fingerprint density at radius 3 is 2.11 bits per heavy atom. The molecule has 2 amide bonds. The van der Waals surface area contributed by atoms with Crippen molar-refractivity contribution in [2.45, 2.75) is 45.7 Å². The third-order valence-electron chi connectivity index (χ3n) is 5.68. The number of hydrogen-bond acceptors (Lipinski definition) is 4. The van der Waals surface area contributed by atoms with Crippen LogP contribution >= 0.6 is 7.82 Å². The molecule has 2 unspecified atom stereocenters. The number of rotatable bonds is 11. The molecule has 9 heteroatoms. The molecule has 0 aromatic heterocycles. The van der Waals surface area contributed by atoms with Crippen molar-refractivity contribution in [2.24, 2.45) is 5.92 Å². The highest BCUT2D eigenvalue weighted by Gasteiger charge is 2.25. The molecule has 4 N–H and O–H groups in total. The third kappa shape index (κ3) is 8.86. The van der Waals surface area contributed by atoms with E-state index in [1.165, 1.54) is 12.1 Å². The van der Waals surface area contributed by atoms with Gasteiger partial charge in [0.25, 0.3) is 5.91 Å². The molecule has 0 aliphatic heterocycles. The third-order valence-corrected chi connectivity index (χ3v) is 6.13. The maximum atomic E-state index is 13.4. The lowest BCUT2D eigenvalue weighted by atomic mass is 9.98. The molecule has 0 saturated carbocycles. The summed E-state index contributed by atoms with van der Waals surface area (Å²) in [5.74, 6) is -0.293. The van der Waals surface area contributed by atoms with E-state index in [4.69, 9.17) is 9.79 Å².